The van der Waals surface area contributed by atoms with E-state index in [0.717, 1.165) is 22.9 Å². The number of rotatable bonds is 4. The van der Waals surface area contributed by atoms with Crippen LogP contribution in [-0.2, 0) is 0 Å². The van der Waals surface area contributed by atoms with Crippen molar-refractivity contribution in [3.8, 4) is 0 Å². The fraction of sp³-hybridized carbons (Fsp3) is 0.273. The van der Waals surface area contributed by atoms with E-state index < -0.39 is 0 Å². The summed E-state index contributed by atoms with van der Waals surface area (Å²) in [7, 11) is 0. The molecule has 0 aliphatic heterocycles. The molecule has 0 spiro atoms. The second-order valence-corrected chi connectivity index (χ2v) is 5.74. The van der Waals surface area contributed by atoms with Crippen LogP contribution in [0.1, 0.15) is 24.4 Å². The fourth-order valence-electron chi connectivity index (χ4n) is 1.68. The summed E-state index contributed by atoms with van der Waals surface area (Å²) >= 11 is 7.54. The number of nitrogen functional groups attached to an aromatic ring is 1. The lowest BCUT2D eigenvalue weighted by Crippen LogP contribution is -2.11. The molecule has 1 fully saturated rings. The van der Waals surface area contributed by atoms with Gasteiger partial charge in [0.1, 0.15) is 5.84 Å². The van der Waals surface area contributed by atoms with Gasteiger partial charge in [0.25, 0.3) is 0 Å². The Labute approximate surface area is 118 Å². The lowest BCUT2D eigenvalue weighted by Gasteiger charge is -2.05. The predicted octanol–water partition coefficient (Wildman–Crippen LogP) is 2.10. The van der Waals surface area contributed by atoms with Crippen LogP contribution < -0.4 is 5.73 Å². The molecule has 19 heavy (non-hydrogen) atoms. The van der Waals surface area contributed by atoms with Crippen LogP contribution in [0.3, 0.4) is 0 Å². The molecule has 1 heterocycles. The molecule has 0 unspecified atom stereocenters. The van der Waals surface area contributed by atoms with Gasteiger partial charge in [0.15, 0.2) is 0 Å². The summed E-state index contributed by atoms with van der Waals surface area (Å²) < 4.78 is 1.84. The van der Waals surface area contributed by atoms with Gasteiger partial charge >= 0.3 is 0 Å². The molecule has 1 saturated carbocycles. The van der Waals surface area contributed by atoms with E-state index in [1.165, 1.54) is 11.8 Å². The van der Waals surface area contributed by atoms with Crippen LogP contribution in [0.4, 0.5) is 0 Å². The number of amidine groups is 1. The topological polar surface area (TPSA) is 93.5 Å². The zero-order valence-electron chi connectivity index (χ0n) is 9.88. The third-order valence-electron chi connectivity index (χ3n) is 2.80. The first-order chi connectivity index (χ1) is 9.15. The van der Waals surface area contributed by atoms with Gasteiger partial charge < -0.3 is 5.73 Å². The SMILES string of the molecule is N=C(N)c1ccc(Sc2nnnn2C2CC2)cc1Cl. The van der Waals surface area contributed by atoms with E-state index in [0.29, 0.717) is 16.6 Å². The summed E-state index contributed by atoms with van der Waals surface area (Å²) in [5, 5.41) is 20.3. The standard InChI is InChI=1S/C11H11ClN6S/c12-9-5-7(3-4-8(9)10(13)14)19-11-15-16-17-18(11)6-1-2-6/h3-6H,1-2H2,(H3,13,14). The van der Waals surface area contributed by atoms with Crippen molar-refractivity contribution >= 4 is 29.2 Å². The number of nitrogens with one attached hydrogen (secondary N) is 1. The van der Waals surface area contributed by atoms with Crippen molar-refractivity contribution in [1.29, 1.82) is 5.41 Å². The molecule has 1 aromatic carbocycles. The summed E-state index contributed by atoms with van der Waals surface area (Å²) in [4.78, 5) is 0.923. The van der Waals surface area contributed by atoms with Gasteiger partial charge in [0.2, 0.25) is 5.16 Å². The number of tetrazole rings is 1. The Hall–Kier alpha value is -1.60. The quantitative estimate of drug-likeness (QED) is 0.665. The molecule has 8 heteroatoms. The van der Waals surface area contributed by atoms with E-state index in [9.17, 15) is 0 Å². The maximum absolute atomic E-state index is 7.39. The van der Waals surface area contributed by atoms with Crippen LogP contribution in [0.15, 0.2) is 28.3 Å². The van der Waals surface area contributed by atoms with Gasteiger partial charge in [-0.05, 0) is 53.2 Å². The van der Waals surface area contributed by atoms with Gasteiger partial charge in [-0.25, -0.2) is 4.68 Å². The number of nitrogens with two attached hydrogens (primary N) is 1. The Morgan fingerprint density at radius 1 is 1.47 bits per heavy atom. The first kappa shape index (κ1) is 12.4. The normalized spacial score (nSPS) is 14.6. The monoisotopic (exact) mass is 294 g/mol. The van der Waals surface area contributed by atoms with Gasteiger partial charge in [0.05, 0.1) is 11.1 Å². The molecule has 6 nitrogen and oxygen atoms in total. The van der Waals surface area contributed by atoms with E-state index in [1.54, 1.807) is 12.1 Å². The molecule has 2 aromatic rings. The lowest BCUT2D eigenvalue weighted by molar-refractivity contribution is 0.565. The number of hydrogen-bond donors (Lipinski definition) is 2. The van der Waals surface area contributed by atoms with Crippen LogP contribution in [0.5, 0.6) is 0 Å². The Kier molecular flexibility index (Phi) is 3.16. The zero-order valence-corrected chi connectivity index (χ0v) is 11.4. The molecular formula is C11H11ClN6S. The van der Waals surface area contributed by atoms with Crippen LogP contribution >= 0.6 is 23.4 Å². The third-order valence-corrected chi connectivity index (χ3v) is 4.05. The Morgan fingerprint density at radius 3 is 2.89 bits per heavy atom. The van der Waals surface area contributed by atoms with Crippen molar-refractivity contribution in [1.82, 2.24) is 20.2 Å². The summed E-state index contributed by atoms with van der Waals surface area (Å²) in [6.45, 7) is 0. The average molecular weight is 295 g/mol. The highest BCUT2D eigenvalue weighted by molar-refractivity contribution is 7.99. The minimum absolute atomic E-state index is 0.0376. The van der Waals surface area contributed by atoms with Crippen molar-refractivity contribution in [2.24, 2.45) is 5.73 Å². The van der Waals surface area contributed by atoms with E-state index in [-0.39, 0.29) is 5.84 Å². The van der Waals surface area contributed by atoms with Crippen LogP contribution in [0.2, 0.25) is 5.02 Å². The summed E-state index contributed by atoms with van der Waals surface area (Å²) in [5.74, 6) is -0.0376. The third kappa shape index (κ3) is 2.57. The maximum Gasteiger partial charge on any atom is 0.214 e. The summed E-state index contributed by atoms with van der Waals surface area (Å²) in [6, 6.07) is 5.80. The van der Waals surface area contributed by atoms with E-state index in [2.05, 4.69) is 15.5 Å². The van der Waals surface area contributed by atoms with Gasteiger partial charge in [-0.15, -0.1) is 5.10 Å². The smallest absolute Gasteiger partial charge is 0.214 e. The number of halogens is 1. The fourth-order valence-corrected chi connectivity index (χ4v) is 2.91. The zero-order chi connectivity index (χ0) is 13.4. The summed E-state index contributed by atoms with van der Waals surface area (Å²) in [5.41, 5.74) is 5.96. The van der Waals surface area contributed by atoms with Gasteiger partial charge in [-0.3, -0.25) is 5.41 Å². The summed E-state index contributed by atoms with van der Waals surface area (Å²) in [6.07, 6.45) is 2.26. The van der Waals surface area contributed by atoms with E-state index >= 15 is 0 Å². The molecule has 0 amide bonds. The van der Waals surface area contributed by atoms with Gasteiger partial charge in [-0.2, -0.15) is 0 Å². The lowest BCUT2D eigenvalue weighted by atomic mass is 10.2. The molecule has 3 N–H and O–H groups in total. The Bertz CT molecular complexity index is 636. The maximum atomic E-state index is 7.39. The molecule has 0 atom stereocenters. The predicted molar refractivity (Wildman–Crippen MR) is 72.7 cm³/mol. The molecule has 0 bridgehead atoms. The average Bonchev–Trinajstić information content (AvgIpc) is 3.10. The van der Waals surface area contributed by atoms with Gasteiger partial charge in [-0.1, -0.05) is 11.6 Å². The van der Waals surface area contributed by atoms with E-state index in [1.807, 2.05) is 10.7 Å². The largest absolute Gasteiger partial charge is 0.384 e. The molecule has 1 aliphatic carbocycles. The second-order valence-electron chi connectivity index (χ2n) is 4.29. The number of aromatic nitrogens is 4. The molecule has 0 saturated heterocycles. The highest BCUT2D eigenvalue weighted by Gasteiger charge is 2.28. The van der Waals surface area contributed by atoms with Crippen molar-refractivity contribution in [3.05, 3.63) is 28.8 Å². The molecular weight excluding hydrogens is 284 g/mol. The number of nitrogens with zero attached hydrogens (tertiary/aromatic N) is 4. The first-order valence-electron chi connectivity index (χ1n) is 5.75. The molecule has 1 aromatic heterocycles. The number of hydrogen-bond acceptors (Lipinski definition) is 5. The second kappa shape index (κ2) is 4.82. The highest BCUT2D eigenvalue weighted by Crippen LogP contribution is 2.38. The van der Waals surface area contributed by atoms with Crippen molar-refractivity contribution in [2.45, 2.75) is 28.9 Å². The molecule has 0 radical (unpaired) electrons. The Morgan fingerprint density at radius 2 is 2.26 bits per heavy atom. The van der Waals surface area contributed by atoms with Crippen molar-refractivity contribution < 1.29 is 0 Å². The minimum Gasteiger partial charge on any atom is -0.384 e. The van der Waals surface area contributed by atoms with Crippen molar-refractivity contribution in [2.75, 3.05) is 0 Å². The molecule has 3 rings (SSSR count). The van der Waals surface area contributed by atoms with Crippen LogP contribution in [-0.4, -0.2) is 26.0 Å². The highest BCUT2D eigenvalue weighted by atomic mass is 35.5. The van der Waals surface area contributed by atoms with E-state index in [4.69, 9.17) is 22.7 Å². The molecule has 1 aliphatic rings. The van der Waals surface area contributed by atoms with Gasteiger partial charge in [0, 0.05) is 10.5 Å². The van der Waals surface area contributed by atoms with Crippen LogP contribution in [0, 0.1) is 5.41 Å². The van der Waals surface area contributed by atoms with Crippen LogP contribution in [0.25, 0.3) is 0 Å². The minimum atomic E-state index is -0.0376. The first-order valence-corrected chi connectivity index (χ1v) is 6.94. The Balaban J connectivity index is 1.85. The molecule has 98 valence electrons. The van der Waals surface area contributed by atoms with Crippen molar-refractivity contribution in [3.63, 3.8) is 0 Å². The number of benzene rings is 1.